The van der Waals surface area contributed by atoms with Gasteiger partial charge in [0.2, 0.25) is 5.91 Å². The average molecular weight is 584 g/mol. The molecule has 1 unspecified atom stereocenters. The van der Waals surface area contributed by atoms with Gasteiger partial charge in [0, 0.05) is 29.7 Å². The summed E-state index contributed by atoms with van der Waals surface area (Å²) in [6, 6.07) is 15.5. The van der Waals surface area contributed by atoms with Crippen molar-refractivity contribution in [3.63, 3.8) is 0 Å². The summed E-state index contributed by atoms with van der Waals surface area (Å²) < 4.78 is 21.7. The number of rotatable bonds is 20. The van der Waals surface area contributed by atoms with Crippen LogP contribution in [-0.4, -0.2) is 88.9 Å². The monoisotopic (exact) mass is 583 g/mol. The van der Waals surface area contributed by atoms with Crippen LogP contribution in [0.15, 0.2) is 53.6 Å². The molecule has 0 saturated heterocycles. The van der Waals surface area contributed by atoms with Gasteiger partial charge in [-0.05, 0) is 46.9 Å². The molecule has 0 saturated carbocycles. The number of carbonyl (C=O) groups is 2. The maximum absolute atomic E-state index is 12.8. The third-order valence-corrected chi connectivity index (χ3v) is 7.20. The zero-order chi connectivity index (χ0) is 29.1. The maximum atomic E-state index is 12.8. The third kappa shape index (κ3) is 10.9. The van der Waals surface area contributed by atoms with Crippen LogP contribution in [-0.2, 0) is 23.7 Å². The molecule has 2 aromatic carbocycles. The Morgan fingerprint density at radius 3 is 2.22 bits per heavy atom. The summed E-state index contributed by atoms with van der Waals surface area (Å²) in [7, 11) is 0. The predicted molar refractivity (Wildman–Crippen MR) is 158 cm³/mol. The van der Waals surface area contributed by atoms with Crippen molar-refractivity contribution in [2.45, 2.75) is 12.0 Å². The molecule has 0 spiro atoms. The first-order valence-electron chi connectivity index (χ1n) is 13.5. The summed E-state index contributed by atoms with van der Waals surface area (Å²) in [4.78, 5) is 28.2. The van der Waals surface area contributed by atoms with E-state index in [0.717, 1.165) is 22.3 Å². The Labute approximate surface area is 245 Å². The second-order valence-electron chi connectivity index (χ2n) is 8.93. The van der Waals surface area contributed by atoms with Gasteiger partial charge in [-0.25, -0.2) is 4.79 Å². The second kappa shape index (κ2) is 19.0. The van der Waals surface area contributed by atoms with Gasteiger partial charge in [-0.3, -0.25) is 4.79 Å². The lowest BCUT2D eigenvalue weighted by atomic mass is 9.98. The standard InChI is InChI=1S/C29H37N5O6S/c1-2-19-41-21-27(28(35)31-11-13-37-15-17-39-18-16-38-14-12-32-34-30)33-29(36)40-20-26-24-9-5-3-7-22(24)23-8-4-6-10-25(23)26/h2-10,26-27H,1,11-21H2,(H,31,35)(H,33,36). The molecule has 2 N–H and O–H groups in total. The maximum Gasteiger partial charge on any atom is 0.407 e. The lowest BCUT2D eigenvalue weighted by Gasteiger charge is -2.19. The quantitative estimate of drug-likeness (QED) is 0.103. The van der Waals surface area contributed by atoms with Crippen LogP contribution in [0.3, 0.4) is 0 Å². The molecular formula is C29H37N5O6S. The van der Waals surface area contributed by atoms with E-state index in [1.807, 2.05) is 24.3 Å². The molecule has 0 aliphatic heterocycles. The summed E-state index contributed by atoms with van der Waals surface area (Å²) in [6.45, 7) is 6.67. The van der Waals surface area contributed by atoms with Crippen molar-refractivity contribution in [2.75, 3.05) is 70.8 Å². The normalized spacial score (nSPS) is 12.6. The van der Waals surface area contributed by atoms with Gasteiger partial charge < -0.3 is 29.6 Å². The molecule has 0 bridgehead atoms. The molecule has 1 aliphatic rings. The number of azide groups is 1. The smallest absolute Gasteiger partial charge is 0.407 e. The van der Waals surface area contributed by atoms with Gasteiger partial charge in [-0.15, -0.1) is 0 Å². The van der Waals surface area contributed by atoms with Gasteiger partial charge in [-0.1, -0.05) is 53.6 Å². The lowest BCUT2D eigenvalue weighted by Crippen LogP contribution is -2.49. The Balaban J connectivity index is 1.36. The molecule has 0 heterocycles. The average Bonchev–Trinajstić information content (AvgIpc) is 3.31. The summed E-state index contributed by atoms with van der Waals surface area (Å²) in [6.07, 6.45) is 1.11. The van der Waals surface area contributed by atoms with Crippen molar-refractivity contribution in [3.05, 3.63) is 83.4 Å². The number of benzene rings is 2. The van der Waals surface area contributed by atoms with Crippen molar-refractivity contribution in [2.24, 2.45) is 5.11 Å². The minimum atomic E-state index is -0.766. The van der Waals surface area contributed by atoms with Crippen LogP contribution in [0, 0.1) is 13.3 Å². The number of thioether (sulfide) groups is 1. The van der Waals surface area contributed by atoms with Gasteiger partial charge in [-0.2, -0.15) is 11.8 Å². The number of nitrogens with zero attached hydrogens (tertiary/aromatic N) is 3. The van der Waals surface area contributed by atoms with E-state index in [1.54, 1.807) is 6.42 Å². The Hall–Kier alpha value is -3.28. The van der Waals surface area contributed by atoms with E-state index in [-0.39, 0.29) is 25.0 Å². The molecule has 11 nitrogen and oxygen atoms in total. The van der Waals surface area contributed by atoms with Crippen LogP contribution >= 0.6 is 11.8 Å². The number of hydrogen-bond donors (Lipinski definition) is 2. The number of amides is 2. The van der Waals surface area contributed by atoms with E-state index in [4.69, 9.17) is 24.5 Å². The van der Waals surface area contributed by atoms with Gasteiger partial charge in [0.05, 0.1) is 39.6 Å². The number of alkyl carbamates (subject to hydrolysis) is 1. The van der Waals surface area contributed by atoms with Gasteiger partial charge >= 0.3 is 6.09 Å². The first-order valence-corrected chi connectivity index (χ1v) is 14.6. The van der Waals surface area contributed by atoms with Crippen LogP contribution in [0.1, 0.15) is 17.0 Å². The van der Waals surface area contributed by atoms with Crippen molar-refractivity contribution in [1.82, 2.24) is 10.6 Å². The molecule has 220 valence electrons. The van der Waals surface area contributed by atoms with Crippen molar-refractivity contribution in [1.29, 1.82) is 0 Å². The number of hydrogen-bond acceptors (Lipinski definition) is 8. The third-order valence-electron chi connectivity index (χ3n) is 6.16. The van der Waals surface area contributed by atoms with E-state index < -0.39 is 12.1 Å². The number of ether oxygens (including phenoxy) is 4. The highest BCUT2D eigenvalue weighted by atomic mass is 32.2. The predicted octanol–water partition coefficient (Wildman–Crippen LogP) is 4.14. The Bertz CT molecular complexity index is 1100. The van der Waals surface area contributed by atoms with Crippen LogP contribution in [0.25, 0.3) is 21.6 Å². The van der Waals surface area contributed by atoms with Crippen LogP contribution in [0.4, 0.5) is 4.79 Å². The van der Waals surface area contributed by atoms with E-state index in [2.05, 4.69) is 51.8 Å². The molecular weight excluding hydrogens is 546 g/mol. The van der Waals surface area contributed by atoms with Crippen molar-refractivity contribution < 1.29 is 28.5 Å². The Morgan fingerprint density at radius 1 is 0.976 bits per heavy atom. The van der Waals surface area contributed by atoms with Crippen LogP contribution < -0.4 is 10.6 Å². The molecule has 2 aromatic rings. The summed E-state index contributed by atoms with van der Waals surface area (Å²) in [5, 5.41) is 8.90. The largest absolute Gasteiger partial charge is 0.449 e. The highest BCUT2D eigenvalue weighted by molar-refractivity contribution is 7.99. The zero-order valence-corrected chi connectivity index (χ0v) is 23.9. The molecule has 1 aliphatic carbocycles. The molecule has 0 aromatic heterocycles. The Kier molecular flexibility index (Phi) is 14.9. The Morgan fingerprint density at radius 2 is 1.59 bits per heavy atom. The molecule has 2 amide bonds. The van der Waals surface area contributed by atoms with E-state index >= 15 is 0 Å². The fourth-order valence-electron chi connectivity index (χ4n) is 4.30. The molecule has 41 heavy (non-hydrogen) atoms. The minimum absolute atomic E-state index is 0.0617. The van der Waals surface area contributed by atoms with Gasteiger partial charge in [0.1, 0.15) is 12.6 Å². The number of fused-ring (bicyclic) bond motifs is 3. The molecule has 3 rings (SSSR count). The molecule has 12 heteroatoms. The van der Waals surface area contributed by atoms with Crippen LogP contribution in [0.5, 0.6) is 0 Å². The van der Waals surface area contributed by atoms with E-state index in [0.29, 0.717) is 57.7 Å². The molecule has 0 fully saturated rings. The van der Waals surface area contributed by atoms with E-state index in [9.17, 15) is 9.59 Å². The first kappa shape index (κ1) is 32.2. The summed E-state index contributed by atoms with van der Waals surface area (Å²) in [5.41, 5.74) is 12.7. The fourth-order valence-corrected chi connectivity index (χ4v) is 5.07. The van der Waals surface area contributed by atoms with Gasteiger partial charge in [0.15, 0.2) is 0 Å². The van der Waals surface area contributed by atoms with Gasteiger partial charge in [0.25, 0.3) is 0 Å². The number of nitrogens with one attached hydrogen (secondary N) is 2. The number of carbonyl (C=O) groups excluding carboxylic acids is 2. The highest BCUT2D eigenvalue weighted by Gasteiger charge is 2.29. The summed E-state index contributed by atoms with van der Waals surface area (Å²) in [5.74, 6) is 0.654. The SMILES string of the molecule is [CH2][CH]CSCC(NC(=O)OCC1c2ccccc2-c2ccccc21)C(=O)NCCOCCOCCOCCN=[N+]=[N-]. The highest BCUT2D eigenvalue weighted by Crippen LogP contribution is 2.44. The van der Waals surface area contributed by atoms with Crippen molar-refractivity contribution in [3.8, 4) is 11.1 Å². The van der Waals surface area contributed by atoms with E-state index in [1.165, 1.54) is 11.8 Å². The summed E-state index contributed by atoms with van der Waals surface area (Å²) >= 11 is 1.49. The fraction of sp³-hybridized carbons (Fsp3) is 0.448. The molecule has 2 radical (unpaired) electrons. The second-order valence-corrected chi connectivity index (χ2v) is 10.0. The zero-order valence-electron chi connectivity index (χ0n) is 23.0. The van der Waals surface area contributed by atoms with Crippen LogP contribution in [0.2, 0.25) is 0 Å². The van der Waals surface area contributed by atoms with Crippen molar-refractivity contribution >= 4 is 23.8 Å². The lowest BCUT2D eigenvalue weighted by molar-refractivity contribution is -0.122. The minimum Gasteiger partial charge on any atom is -0.449 e. The topological polar surface area (TPSA) is 144 Å². The first-order chi connectivity index (χ1) is 20.2. The molecule has 1 atom stereocenters.